The average Bonchev–Trinajstić information content (AvgIpc) is 3.42. The summed E-state index contributed by atoms with van der Waals surface area (Å²) in [4.78, 5) is 24.3. The van der Waals surface area contributed by atoms with E-state index in [-0.39, 0.29) is 17.8 Å². The Balaban J connectivity index is 1.53. The van der Waals surface area contributed by atoms with Crippen LogP contribution in [0.15, 0.2) is 36.7 Å². The van der Waals surface area contributed by atoms with E-state index in [1.165, 1.54) is 0 Å². The smallest absolute Gasteiger partial charge is 0.292 e. The number of hydrogen-bond donors (Lipinski definition) is 2. The Kier molecular flexibility index (Phi) is 5.99. The van der Waals surface area contributed by atoms with Gasteiger partial charge in [0.25, 0.3) is 5.91 Å². The number of amides is 1. The molecule has 2 N–H and O–H groups in total. The molecule has 1 amide bonds. The molecule has 8 heteroatoms. The zero-order valence-electron chi connectivity index (χ0n) is 17.2. The van der Waals surface area contributed by atoms with Crippen LogP contribution in [0.2, 0.25) is 5.02 Å². The lowest BCUT2D eigenvalue weighted by Gasteiger charge is -2.25. The first-order valence-corrected chi connectivity index (χ1v) is 10.5. The zero-order chi connectivity index (χ0) is 21.1. The number of likely N-dealkylation sites (tertiary alicyclic amines) is 1. The SMILES string of the molecule is Cc1nc(C(=O)N2CCCC2c2cccc(Cl)c2)nc(NCCc2cn[nH]c2)c1C. The maximum absolute atomic E-state index is 13.3. The number of aromatic amines is 1. The lowest BCUT2D eigenvalue weighted by molar-refractivity contribution is 0.0723. The van der Waals surface area contributed by atoms with Gasteiger partial charge in [-0.15, -0.1) is 0 Å². The Hall–Kier alpha value is -2.93. The molecule has 1 aliphatic heterocycles. The number of carbonyl (C=O) groups is 1. The van der Waals surface area contributed by atoms with E-state index >= 15 is 0 Å². The molecular formula is C22H25ClN6O. The predicted octanol–water partition coefficient (Wildman–Crippen LogP) is 4.10. The number of hydrogen-bond acceptors (Lipinski definition) is 5. The fourth-order valence-corrected chi connectivity index (χ4v) is 4.03. The summed E-state index contributed by atoms with van der Waals surface area (Å²) < 4.78 is 0. The van der Waals surface area contributed by atoms with E-state index in [1.807, 2.05) is 49.2 Å². The molecular weight excluding hydrogens is 400 g/mol. The normalized spacial score (nSPS) is 16.1. The minimum absolute atomic E-state index is 0.00101. The van der Waals surface area contributed by atoms with Gasteiger partial charge >= 0.3 is 0 Å². The van der Waals surface area contributed by atoms with Gasteiger partial charge in [0, 0.05) is 35.6 Å². The van der Waals surface area contributed by atoms with Crippen molar-refractivity contribution in [1.29, 1.82) is 0 Å². The summed E-state index contributed by atoms with van der Waals surface area (Å²) in [5.41, 5.74) is 3.92. The maximum atomic E-state index is 13.3. The van der Waals surface area contributed by atoms with Crippen molar-refractivity contribution in [1.82, 2.24) is 25.1 Å². The third kappa shape index (κ3) is 4.31. The fraction of sp³-hybridized carbons (Fsp3) is 0.364. The molecule has 2 aromatic heterocycles. The average molecular weight is 425 g/mol. The molecule has 1 unspecified atom stereocenters. The molecule has 7 nitrogen and oxygen atoms in total. The summed E-state index contributed by atoms with van der Waals surface area (Å²) in [5, 5.41) is 10.8. The summed E-state index contributed by atoms with van der Waals surface area (Å²) in [6.07, 6.45) is 6.34. The molecule has 1 aromatic carbocycles. The van der Waals surface area contributed by atoms with Crippen molar-refractivity contribution in [2.45, 2.75) is 39.2 Å². The number of nitrogens with zero attached hydrogens (tertiary/aromatic N) is 4. The van der Waals surface area contributed by atoms with Crippen molar-refractivity contribution in [3.05, 3.63) is 69.9 Å². The molecule has 1 fully saturated rings. The molecule has 0 bridgehead atoms. The van der Waals surface area contributed by atoms with E-state index in [4.69, 9.17) is 11.6 Å². The van der Waals surface area contributed by atoms with Gasteiger partial charge < -0.3 is 10.2 Å². The largest absolute Gasteiger partial charge is 0.369 e. The van der Waals surface area contributed by atoms with Crippen LogP contribution in [0.25, 0.3) is 0 Å². The topological polar surface area (TPSA) is 86.8 Å². The fourth-order valence-electron chi connectivity index (χ4n) is 3.83. The minimum atomic E-state index is -0.140. The molecule has 0 radical (unpaired) electrons. The molecule has 4 rings (SSSR count). The first-order chi connectivity index (χ1) is 14.5. The van der Waals surface area contributed by atoms with Crippen LogP contribution < -0.4 is 5.32 Å². The Labute approximate surface area is 180 Å². The highest BCUT2D eigenvalue weighted by Gasteiger charge is 2.32. The lowest BCUT2D eigenvalue weighted by Crippen LogP contribution is -2.32. The third-order valence-corrected chi connectivity index (χ3v) is 5.82. The van der Waals surface area contributed by atoms with Crippen LogP contribution in [0, 0.1) is 13.8 Å². The van der Waals surface area contributed by atoms with Crippen LogP contribution in [0.1, 0.15) is 51.9 Å². The molecule has 1 saturated heterocycles. The highest BCUT2D eigenvalue weighted by molar-refractivity contribution is 6.30. The Morgan fingerprint density at radius 2 is 2.20 bits per heavy atom. The van der Waals surface area contributed by atoms with E-state index in [9.17, 15) is 4.79 Å². The van der Waals surface area contributed by atoms with Crippen molar-refractivity contribution < 1.29 is 4.79 Å². The van der Waals surface area contributed by atoms with Gasteiger partial charge in [0.05, 0.1) is 12.2 Å². The molecule has 3 heterocycles. The number of rotatable bonds is 6. The number of aromatic nitrogens is 4. The molecule has 1 aliphatic rings. The second kappa shape index (κ2) is 8.83. The van der Waals surface area contributed by atoms with E-state index in [0.29, 0.717) is 23.9 Å². The van der Waals surface area contributed by atoms with Crippen LogP contribution in [0.5, 0.6) is 0 Å². The molecule has 3 aromatic rings. The Morgan fingerprint density at radius 3 is 2.97 bits per heavy atom. The highest BCUT2D eigenvalue weighted by atomic mass is 35.5. The number of carbonyl (C=O) groups excluding carboxylic acids is 1. The summed E-state index contributed by atoms with van der Waals surface area (Å²) >= 11 is 6.17. The quantitative estimate of drug-likeness (QED) is 0.622. The maximum Gasteiger partial charge on any atom is 0.292 e. The predicted molar refractivity (Wildman–Crippen MR) is 117 cm³/mol. The van der Waals surface area contributed by atoms with Gasteiger partial charge in [-0.05, 0) is 56.4 Å². The van der Waals surface area contributed by atoms with Crippen molar-refractivity contribution in [2.75, 3.05) is 18.4 Å². The summed E-state index contributed by atoms with van der Waals surface area (Å²) in [5.74, 6) is 0.796. The second-order valence-corrected chi connectivity index (χ2v) is 8.04. The van der Waals surface area contributed by atoms with E-state index in [1.54, 1.807) is 6.20 Å². The third-order valence-electron chi connectivity index (χ3n) is 5.59. The molecule has 0 saturated carbocycles. The minimum Gasteiger partial charge on any atom is -0.369 e. The summed E-state index contributed by atoms with van der Waals surface area (Å²) in [6, 6.07) is 7.72. The lowest BCUT2D eigenvalue weighted by atomic mass is 10.0. The first kappa shape index (κ1) is 20.3. The van der Waals surface area contributed by atoms with Crippen LogP contribution in [0.4, 0.5) is 5.82 Å². The molecule has 0 aliphatic carbocycles. The van der Waals surface area contributed by atoms with Crippen molar-refractivity contribution in [3.8, 4) is 0 Å². The Bertz CT molecular complexity index is 1040. The monoisotopic (exact) mass is 424 g/mol. The van der Waals surface area contributed by atoms with Crippen LogP contribution in [0.3, 0.4) is 0 Å². The van der Waals surface area contributed by atoms with Gasteiger partial charge in [0.2, 0.25) is 5.82 Å². The number of benzene rings is 1. The molecule has 0 spiro atoms. The van der Waals surface area contributed by atoms with Gasteiger partial charge in [-0.2, -0.15) is 5.10 Å². The standard InChI is InChI=1S/C22H25ClN6O/c1-14-15(2)27-21(28-20(14)24-9-8-16-12-25-26-13-16)22(30)29-10-4-7-19(29)17-5-3-6-18(23)11-17/h3,5-6,11-13,19H,4,7-10H2,1-2H3,(H,25,26)(H,24,27,28). The van der Waals surface area contributed by atoms with E-state index in [2.05, 4.69) is 25.5 Å². The van der Waals surface area contributed by atoms with Crippen LogP contribution >= 0.6 is 11.6 Å². The van der Waals surface area contributed by atoms with E-state index < -0.39 is 0 Å². The summed E-state index contributed by atoms with van der Waals surface area (Å²) in [6.45, 7) is 5.26. The van der Waals surface area contributed by atoms with Gasteiger partial charge in [0.15, 0.2) is 0 Å². The van der Waals surface area contributed by atoms with Crippen LogP contribution in [-0.2, 0) is 6.42 Å². The second-order valence-electron chi connectivity index (χ2n) is 7.60. The molecule has 156 valence electrons. The molecule has 1 atom stereocenters. The van der Waals surface area contributed by atoms with Crippen molar-refractivity contribution in [2.24, 2.45) is 0 Å². The van der Waals surface area contributed by atoms with Gasteiger partial charge in [-0.1, -0.05) is 23.7 Å². The molecule has 30 heavy (non-hydrogen) atoms. The number of anilines is 1. The number of H-pyrrole nitrogens is 1. The van der Waals surface area contributed by atoms with Crippen LogP contribution in [-0.4, -0.2) is 44.1 Å². The first-order valence-electron chi connectivity index (χ1n) is 10.2. The van der Waals surface area contributed by atoms with Gasteiger partial charge in [-0.25, -0.2) is 9.97 Å². The number of aryl methyl sites for hydroxylation is 1. The van der Waals surface area contributed by atoms with Crippen molar-refractivity contribution >= 4 is 23.3 Å². The highest BCUT2D eigenvalue weighted by Crippen LogP contribution is 2.34. The number of halogens is 1. The Morgan fingerprint density at radius 1 is 1.33 bits per heavy atom. The summed E-state index contributed by atoms with van der Waals surface area (Å²) in [7, 11) is 0. The van der Waals surface area contributed by atoms with E-state index in [0.717, 1.165) is 41.6 Å². The van der Waals surface area contributed by atoms with Gasteiger partial charge in [-0.3, -0.25) is 9.89 Å². The zero-order valence-corrected chi connectivity index (χ0v) is 17.9. The van der Waals surface area contributed by atoms with Gasteiger partial charge in [0.1, 0.15) is 5.82 Å². The number of nitrogens with one attached hydrogen (secondary N) is 2. The van der Waals surface area contributed by atoms with Crippen molar-refractivity contribution in [3.63, 3.8) is 0 Å².